The molecule has 1 saturated carbocycles. The van der Waals surface area contributed by atoms with E-state index in [9.17, 15) is 0 Å². The maximum absolute atomic E-state index is 3.72. The molecule has 0 amide bonds. The molecule has 0 saturated heterocycles. The topological polar surface area (TPSA) is 12.0 Å². The highest BCUT2D eigenvalue weighted by atomic mass is 79.9. The average molecular weight is 381 g/mol. The smallest absolute Gasteiger partial charge is 0.0843 e. The number of hydrogen-bond acceptors (Lipinski definition) is 2. The lowest BCUT2D eigenvalue weighted by molar-refractivity contribution is 0.354. The van der Waals surface area contributed by atoms with Crippen molar-refractivity contribution < 1.29 is 0 Å². The summed E-state index contributed by atoms with van der Waals surface area (Å²) in [6.07, 6.45) is 4.03. The third kappa shape index (κ3) is 3.55. The summed E-state index contributed by atoms with van der Waals surface area (Å²) in [5, 5.41) is 3.72. The van der Waals surface area contributed by atoms with Crippen molar-refractivity contribution in [2.75, 3.05) is 6.54 Å². The van der Waals surface area contributed by atoms with E-state index in [-0.39, 0.29) is 0 Å². The largest absolute Gasteiger partial charge is 0.309 e. The van der Waals surface area contributed by atoms with Gasteiger partial charge in [-0.3, -0.25) is 0 Å². The highest BCUT2D eigenvalue weighted by Crippen LogP contribution is 2.45. The molecule has 1 aromatic rings. The minimum atomic E-state index is 0.523. The molecule has 0 spiro atoms. The zero-order valence-electron chi connectivity index (χ0n) is 10.3. The predicted octanol–water partition coefficient (Wildman–Crippen LogP) is 5.36. The van der Waals surface area contributed by atoms with Crippen LogP contribution in [-0.4, -0.2) is 6.54 Å². The van der Waals surface area contributed by atoms with E-state index >= 15 is 0 Å². The molecule has 1 N–H and O–H groups in total. The summed E-state index contributed by atoms with van der Waals surface area (Å²) in [6, 6.07) is 2.79. The van der Waals surface area contributed by atoms with Crippen LogP contribution in [0.5, 0.6) is 0 Å². The van der Waals surface area contributed by atoms with Crippen molar-refractivity contribution in [2.24, 2.45) is 11.8 Å². The molecule has 0 aromatic carbocycles. The molecule has 17 heavy (non-hydrogen) atoms. The van der Waals surface area contributed by atoms with Gasteiger partial charge in [0.25, 0.3) is 0 Å². The normalized spacial score (nSPS) is 19.3. The lowest BCUT2D eigenvalue weighted by atomic mass is 9.95. The van der Waals surface area contributed by atoms with Crippen LogP contribution in [0, 0.1) is 11.8 Å². The van der Waals surface area contributed by atoms with Crippen molar-refractivity contribution >= 4 is 43.2 Å². The third-order valence-corrected chi connectivity index (χ3v) is 6.82. The third-order valence-electron chi connectivity index (χ3n) is 3.48. The monoisotopic (exact) mass is 379 g/mol. The average Bonchev–Trinajstić information content (AvgIpc) is 3.08. The fourth-order valence-electron chi connectivity index (χ4n) is 2.26. The van der Waals surface area contributed by atoms with Crippen molar-refractivity contribution in [1.29, 1.82) is 0 Å². The van der Waals surface area contributed by atoms with Gasteiger partial charge in [0.05, 0.1) is 3.79 Å². The number of thiophene rings is 1. The van der Waals surface area contributed by atoms with Crippen LogP contribution in [-0.2, 0) is 0 Å². The molecule has 2 atom stereocenters. The van der Waals surface area contributed by atoms with E-state index in [1.165, 1.54) is 32.4 Å². The van der Waals surface area contributed by atoms with E-state index in [1.807, 2.05) is 11.3 Å². The number of rotatable bonds is 6. The van der Waals surface area contributed by atoms with E-state index in [1.54, 1.807) is 0 Å². The molecular weight excluding hydrogens is 362 g/mol. The van der Waals surface area contributed by atoms with Crippen LogP contribution < -0.4 is 5.32 Å². The summed E-state index contributed by atoms with van der Waals surface area (Å²) in [4.78, 5) is 1.46. The van der Waals surface area contributed by atoms with E-state index < -0.39 is 0 Å². The zero-order chi connectivity index (χ0) is 12.4. The van der Waals surface area contributed by atoms with Gasteiger partial charge in [0.1, 0.15) is 0 Å². The van der Waals surface area contributed by atoms with Crippen molar-refractivity contribution in [3.8, 4) is 0 Å². The van der Waals surface area contributed by atoms with Crippen LogP contribution in [0.3, 0.4) is 0 Å². The van der Waals surface area contributed by atoms with E-state index in [4.69, 9.17) is 0 Å². The van der Waals surface area contributed by atoms with Gasteiger partial charge in [-0.2, -0.15) is 0 Å². The van der Waals surface area contributed by atoms with Gasteiger partial charge in [-0.05, 0) is 75.6 Å². The molecule has 0 aliphatic heterocycles. The predicted molar refractivity (Wildman–Crippen MR) is 82.6 cm³/mol. The standard InChI is InChI=1S/C13H19Br2NS/c1-3-6-16-12(8(2)9-4-5-9)11-7-10(14)13(15)17-11/h7-9,12,16H,3-6H2,1-2H3. The minimum Gasteiger partial charge on any atom is -0.309 e. The Morgan fingerprint density at radius 3 is 2.65 bits per heavy atom. The molecule has 1 aliphatic carbocycles. The Bertz CT molecular complexity index is 354. The van der Waals surface area contributed by atoms with Gasteiger partial charge in [-0.25, -0.2) is 0 Å². The van der Waals surface area contributed by atoms with Gasteiger partial charge in [-0.15, -0.1) is 11.3 Å². The SMILES string of the molecule is CCCNC(c1cc(Br)c(Br)s1)C(C)C1CC1. The lowest BCUT2D eigenvalue weighted by Gasteiger charge is -2.24. The van der Waals surface area contributed by atoms with Crippen molar-refractivity contribution in [1.82, 2.24) is 5.32 Å². The zero-order valence-corrected chi connectivity index (χ0v) is 14.3. The molecule has 0 bridgehead atoms. The molecular formula is C13H19Br2NS. The van der Waals surface area contributed by atoms with Crippen LogP contribution in [0.4, 0.5) is 0 Å². The second kappa shape index (κ2) is 6.18. The van der Waals surface area contributed by atoms with Gasteiger partial charge < -0.3 is 5.32 Å². The second-order valence-corrected chi connectivity index (χ2v) is 8.15. The van der Waals surface area contributed by atoms with Gasteiger partial charge in [-0.1, -0.05) is 13.8 Å². The number of halogens is 2. The van der Waals surface area contributed by atoms with E-state index in [0.717, 1.165) is 18.4 Å². The van der Waals surface area contributed by atoms with Gasteiger partial charge in [0.2, 0.25) is 0 Å². The Morgan fingerprint density at radius 2 is 2.18 bits per heavy atom. The molecule has 1 aliphatic rings. The summed E-state index contributed by atoms with van der Waals surface area (Å²) in [5.74, 6) is 1.68. The fourth-order valence-corrected chi connectivity index (χ4v) is 4.54. The van der Waals surface area contributed by atoms with Crippen LogP contribution in [0.25, 0.3) is 0 Å². The maximum atomic E-state index is 3.72. The molecule has 4 heteroatoms. The quantitative estimate of drug-likeness (QED) is 0.700. The Labute approximate surface area is 125 Å². The summed E-state index contributed by atoms with van der Waals surface area (Å²) >= 11 is 9.04. The minimum absolute atomic E-state index is 0.523. The first-order valence-electron chi connectivity index (χ1n) is 6.31. The second-order valence-electron chi connectivity index (χ2n) is 4.90. The molecule has 1 aromatic heterocycles. The van der Waals surface area contributed by atoms with Gasteiger partial charge in [0.15, 0.2) is 0 Å². The van der Waals surface area contributed by atoms with Gasteiger partial charge >= 0.3 is 0 Å². The summed E-state index contributed by atoms with van der Waals surface area (Å²) in [7, 11) is 0. The molecule has 1 nitrogen and oxygen atoms in total. The fraction of sp³-hybridized carbons (Fsp3) is 0.692. The Hall–Kier alpha value is 0.620. The highest BCUT2D eigenvalue weighted by Gasteiger charge is 2.34. The van der Waals surface area contributed by atoms with Crippen LogP contribution in [0.2, 0.25) is 0 Å². The van der Waals surface area contributed by atoms with E-state index in [0.29, 0.717) is 6.04 Å². The summed E-state index contributed by atoms with van der Waals surface area (Å²) < 4.78 is 2.39. The number of nitrogens with one attached hydrogen (secondary N) is 1. The summed E-state index contributed by atoms with van der Waals surface area (Å²) in [6.45, 7) is 5.73. The van der Waals surface area contributed by atoms with E-state index in [2.05, 4.69) is 57.1 Å². The van der Waals surface area contributed by atoms with Gasteiger partial charge in [0, 0.05) is 15.4 Å². The molecule has 96 valence electrons. The molecule has 1 fully saturated rings. The Morgan fingerprint density at radius 1 is 1.47 bits per heavy atom. The Kier molecular flexibility index (Phi) is 5.10. The molecule has 0 radical (unpaired) electrons. The first kappa shape index (κ1) is 14.0. The first-order chi connectivity index (χ1) is 8.13. The Balaban J connectivity index is 2.13. The van der Waals surface area contributed by atoms with Crippen LogP contribution in [0.1, 0.15) is 44.0 Å². The van der Waals surface area contributed by atoms with Crippen molar-refractivity contribution in [2.45, 2.75) is 39.2 Å². The first-order valence-corrected chi connectivity index (χ1v) is 8.71. The lowest BCUT2D eigenvalue weighted by Crippen LogP contribution is -2.28. The maximum Gasteiger partial charge on any atom is 0.0843 e. The molecule has 2 rings (SSSR count). The van der Waals surface area contributed by atoms with Crippen molar-refractivity contribution in [3.05, 3.63) is 19.2 Å². The molecule has 1 heterocycles. The van der Waals surface area contributed by atoms with Crippen LogP contribution >= 0.6 is 43.2 Å². The summed E-state index contributed by atoms with van der Waals surface area (Å²) in [5.41, 5.74) is 0. The van der Waals surface area contributed by atoms with Crippen LogP contribution in [0.15, 0.2) is 14.3 Å². The van der Waals surface area contributed by atoms with Crippen molar-refractivity contribution in [3.63, 3.8) is 0 Å². The number of hydrogen-bond donors (Lipinski definition) is 1. The highest BCUT2D eigenvalue weighted by molar-refractivity contribution is 9.13. The molecule has 2 unspecified atom stereocenters.